The van der Waals surface area contributed by atoms with Crippen LogP contribution < -0.4 is 10.2 Å². The Morgan fingerprint density at radius 1 is 1.43 bits per heavy atom. The normalized spacial score (nSPS) is 19.2. The Morgan fingerprint density at radius 3 is 2.71 bits per heavy atom. The second-order valence-corrected chi connectivity index (χ2v) is 5.91. The number of nitrogens with zero attached hydrogens (tertiary/aromatic N) is 2. The quantitative estimate of drug-likeness (QED) is 0.836. The predicted molar refractivity (Wildman–Crippen MR) is 84.6 cm³/mol. The first-order valence-corrected chi connectivity index (χ1v) is 7.75. The molecule has 0 saturated carbocycles. The third-order valence-electron chi connectivity index (χ3n) is 4.12. The fourth-order valence-corrected chi connectivity index (χ4v) is 2.73. The van der Waals surface area contributed by atoms with Gasteiger partial charge < -0.3 is 20.1 Å². The zero-order chi connectivity index (χ0) is 15.3. The molecule has 1 aromatic rings. The van der Waals surface area contributed by atoms with Crippen LogP contribution in [-0.4, -0.2) is 49.0 Å². The van der Waals surface area contributed by atoms with E-state index in [2.05, 4.69) is 35.1 Å². The topological polar surface area (TPSA) is 57.6 Å². The van der Waals surface area contributed by atoms with Crippen molar-refractivity contribution in [3.8, 4) is 0 Å². The molecule has 5 heteroatoms. The summed E-state index contributed by atoms with van der Waals surface area (Å²) in [4.78, 5) is 6.59. The van der Waals surface area contributed by atoms with Gasteiger partial charge in [0.25, 0.3) is 0 Å². The van der Waals surface area contributed by atoms with Gasteiger partial charge in [0.15, 0.2) is 0 Å². The van der Waals surface area contributed by atoms with Gasteiger partial charge in [-0.05, 0) is 25.6 Å². The fourth-order valence-electron chi connectivity index (χ4n) is 2.73. The third-order valence-corrected chi connectivity index (χ3v) is 4.12. The Hall–Kier alpha value is -1.17. The summed E-state index contributed by atoms with van der Waals surface area (Å²) in [7, 11) is 2.00. The van der Waals surface area contributed by atoms with Gasteiger partial charge in [-0.25, -0.2) is 0 Å². The van der Waals surface area contributed by atoms with E-state index in [4.69, 9.17) is 4.74 Å². The number of likely N-dealkylation sites (N-methyl/N-ethyl adjacent to an activating group) is 1. The minimum Gasteiger partial charge on any atom is -0.388 e. The highest BCUT2D eigenvalue weighted by Crippen LogP contribution is 2.24. The first-order valence-electron chi connectivity index (χ1n) is 7.75. The number of hydrogen-bond donors (Lipinski definition) is 2. The first kappa shape index (κ1) is 16.2. The van der Waals surface area contributed by atoms with Crippen molar-refractivity contribution < 1.29 is 9.84 Å². The minimum atomic E-state index is -0.650. The van der Waals surface area contributed by atoms with Gasteiger partial charge in [0.1, 0.15) is 0 Å². The first-order chi connectivity index (χ1) is 10.0. The van der Waals surface area contributed by atoms with E-state index in [0.717, 1.165) is 17.9 Å². The zero-order valence-electron chi connectivity index (χ0n) is 13.3. The van der Waals surface area contributed by atoms with Gasteiger partial charge in [-0.2, -0.15) is 0 Å². The molecule has 0 bridgehead atoms. The van der Waals surface area contributed by atoms with Crippen molar-refractivity contribution in [2.45, 2.75) is 38.3 Å². The molecule has 118 valence electrons. The highest BCUT2D eigenvalue weighted by molar-refractivity contribution is 5.44. The van der Waals surface area contributed by atoms with Crippen LogP contribution in [0.4, 0.5) is 5.69 Å². The van der Waals surface area contributed by atoms with Crippen molar-refractivity contribution in [2.24, 2.45) is 0 Å². The molecule has 1 unspecified atom stereocenters. The Balaban J connectivity index is 1.97. The molecular weight excluding hydrogens is 266 g/mol. The third kappa shape index (κ3) is 4.40. The molecule has 1 aliphatic heterocycles. The molecule has 0 aliphatic carbocycles. The number of nitrogens with one attached hydrogen (secondary N) is 1. The number of pyridine rings is 1. The van der Waals surface area contributed by atoms with Crippen LogP contribution in [0.3, 0.4) is 0 Å². The second-order valence-electron chi connectivity index (χ2n) is 5.91. The smallest absolute Gasteiger partial charge is 0.0865 e. The maximum Gasteiger partial charge on any atom is 0.0865 e. The largest absolute Gasteiger partial charge is 0.388 e. The van der Waals surface area contributed by atoms with E-state index in [1.165, 1.54) is 0 Å². The lowest BCUT2D eigenvalue weighted by Gasteiger charge is -2.36. The Kier molecular flexibility index (Phi) is 5.56. The molecule has 1 atom stereocenters. The van der Waals surface area contributed by atoms with Crippen molar-refractivity contribution in [1.82, 2.24) is 10.3 Å². The summed E-state index contributed by atoms with van der Waals surface area (Å²) < 4.78 is 5.32. The number of aromatic nitrogens is 1. The number of ether oxygens (including phenoxy) is 1. The van der Waals surface area contributed by atoms with Crippen molar-refractivity contribution in [3.05, 3.63) is 24.0 Å². The van der Waals surface area contributed by atoms with Crippen molar-refractivity contribution >= 4 is 5.69 Å². The lowest BCUT2D eigenvalue weighted by Crippen LogP contribution is -2.45. The number of rotatable bonds is 6. The van der Waals surface area contributed by atoms with Gasteiger partial charge in [0.2, 0.25) is 0 Å². The van der Waals surface area contributed by atoms with E-state index in [-0.39, 0.29) is 6.04 Å². The molecule has 1 aromatic heterocycles. The van der Waals surface area contributed by atoms with E-state index >= 15 is 0 Å². The molecule has 2 heterocycles. The van der Waals surface area contributed by atoms with E-state index in [1.807, 2.05) is 19.3 Å². The molecule has 2 N–H and O–H groups in total. The summed E-state index contributed by atoms with van der Waals surface area (Å²) in [5, 5.41) is 13.9. The minimum absolute atomic E-state index is 0.258. The average Bonchev–Trinajstić information content (AvgIpc) is 2.48. The molecule has 5 nitrogen and oxygen atoms in total. The predicted octanol–water partition coefficient (Wildman–Crippen LogP) is 1.73. The summed E-state index contributed by atoms with van der Waals surface area (Å²) in [5.74, 6) is 0. The van der Waals surface area contributed by atoms with E-state index in [9.17, 15) is 5.11 Å². The molecule has 0 spiro atoms. The van der Waals surface area contributed by atoms with Crippen molar-refractivity contribution in [3.63, 3.8) is 0 Å². The van der Waals surface area contributed by atoms with Gasteiger partial charge in [-0.15, -0.1) is 0 Å². The van der Waals surface area contributed by atoms with Crippen LogP contribution in [0.1, 0.15) is 38.4 Å². The number of hydrogen-bond acceptors (Lipinski definition) is 5. The molecule has 21 heavy (non-hydrogen) atoms. The van der Waals surface area contributed by atoms with Crippen LogP contribution >= 0.6 is 0 Å². The zero-order valence-corrected chi connectivity index (χ0v) is 13.3. The van der Waals surface area contributed by atoms with Crippen molar-refractivity contribution in [1.29, 1.82) is 0 Å². The summed E-state index contributed by atoms with van der Waals surface area (Å²) in [5.41, 5.74) is 1.42. The molecule has 0 radical (unpaired) electrons. The monoisotopic (exact) mass is 293 g/mol. The van der Waals surface area contributed by atoms with Gasteiger partial charge in [0, 0.05) is 45.7 Å². The van der Waals surface area contributed by atoms with Gasteiger partial charge in [0.05, 0.1) is 23.2 Å². The van der Waals surface area contributed by atoms with Crippen LogP contribution in [-0.2, 0) is 4.74 Å². The Bertz CT molecular complexity index is 430. The summed E-state index contributed by atoms with van der Waals surface area (Å²) >= 11 is 0. The highest BCUT2D eigenvalue weighted by atomic mass is 16.5. The van der Waals surface area contributed by atoms with Gasteiger partial charge >= 0.3 is 0 Å². The number of anilines is 1. The summed E-state index contributed by atoms with van der Waals surface area (Å²) in [6.45, 7) is 7.02. The van der Waals surface area contributed by atoms with Crippen LogP contribution in [0.2, 0.25) is 0 Å². The lowest BCUT2D eigenvalue weighted by molar-refractivity contribution is -0.0572. The van der Waals surface area contributed by atoms with Crippen molar-refractivity contribution in [2.75, 3.05) is 38.3 Å². The van der Waals surface area contributed by atoms with Crippen LogP contribution in [0.25, 0.3) is 0 Å². The molecule has 0 amide bonds. The maximum absolute atomic E-state index is 10.6. The Labute approximate surface area is 127 Å². The molecule has 2 rings (SSSR count). The fraction of sp³-hybridized carbons (Fsp3) is 0.688. The summed E-state index contributed by atoms with van der Waals surface area (Å²) in [6, 6.07) is 4.38. The maximum atomic E-state index is 10.6. The van der Waals surface area contributed by atoms with E-state index < -0.39 is 5.60 Å². The SMILES string of the molecule is CCNC(C)c1ccc(N(C)CC2(O)CCOCC2)cn1. The van der Waals surface area contributed by atoms with E-state index in [1.54, 1.807) is 0 Å². The second kappa shape index (κ2) is 7.20. The standard InChI is InChI=1S/C16H27N3O2/c1-4-17-13(2)15-6-5-14(11-18-15)19(3)12-16(20)7-9-21-10-8-16/h5-6,11,13,17,20H,4,7-10,12H2,1-3H3. The molecule has 0 aromatic carbocycles. The van der Waals surface area contributed by atoms with Gasteiger partial charge in [-0.3, -0.25) is 4.98 Å². The highest BCUT2D eigenvalue weighted by Gasteiger charge is 2.31. The Morgan fingerprint density at radius 2 is 2.14 bits per heavy atom. The lowest BCUT2D eigenvalue weighted by atomic mass is 9.94. The van der Waals surface area contributed by atoms with Gasteiger partial charge in [-0.1, -0.05) is 6.92 Å². The van der Waals surface area contributed by atoms with Crippen LogP contribution in [0.5, 0.6) is 0 Å². The molecule has 1 aliphatic rings. The number of aliphatic hydroxyl groups is 1. The molecule has 1 saturated heterocycles. The van der Waals surface area contributed by atoms with Crippen LogP contribution in [0, 0.1) is 0 Å². The summed E-state index contributed by atoms with van der Waals surface area (Å²) in [6.07, 6.45) is 3.27. The average molecular weight is 293 g/mol. The van der Waals surface area contributed by atoms with E-state index in [0.29, 0.717) is 32.6 Å². The van der Waals surface area contributed by atoms with Crippen LogP contribution in [0.15, 0.2) is 18.3 Å². The molecule has 1 fully saturated rings. The molecular formula is C16H27N3O2.